The molecule has 176 valence electrons. The maximum Gasteiger partial charge on any atom is 0.268 e. The van der Waals surface area contributed by atoms with Gasteiger partial charge in [0.2, 0.25) is 0 Å². The first-order valence-electron chi connectivity index (χ1n) is 11.0. The molecule has 0 saturated carbocycles. The molecule has 3 rings (SSSR count). The first kappa shape index (κ1) is 24.7. The standard InChI is InChI=1S/C24H33O7P/c1-4-31-32(25)23-11-7-5-9-21(23)29-17-19(2)27-15-13-26-14-16-28-20(3)18-30-22-10-6-8-12-24(22)32/h5-12,19-20H,4,13-18H2,1-3H3/t19-,20-/m0/s1. The van der Waals surface area contributed by atoms with E-state index in [2.05, 4.69) is 0 Å². The molecule has 1 heterocycles. The molecule has 0 N–H and O–H groups in total. The second-order valence-corrected chi connectivity index (χ2v) is 9.83. The van der Waals surface area contributed by atoms with E-state index in [9.17, 15) is 4.57 Å². The first-order valence-corrected chi connectivity index (χ1v) is 12.7. The van der Waals surface area contributed by atoms with Crippen molar-refractivity contribution in [1.82, 2.24) is 0 Å². The summed E-state index contributed by atoms with van der Waals surface area (Å²) in [6.45, 7) is 8.43. The van der Waals surface area contributed by atoms with Gasteiger partial charge in [-0.1, -0.05) is 24.3 Å². The second kappa shape index (κ2) is 12.4. The van der Waals surface area contributed by atoms with Gasteiger partial charge in [0.05, 0.1) is 55.9 Å². The van der Waals surface area contributed by atoms with Crippen LogP contribution in [-0.2, 0) is 23.3 Å². The van der Waals surface area contributed by atoms with Crippen LogP contribution in [0, 0.1) is 0 Å². The lowest BCUT2D eigenvalue weighted by Gasteiger charge is -2.24. The predicted molar refractivity (Wildman–Crippen MR) is 124 cm³/mol. The lowest BCUT2D eigenvalue weighted by atomic mass is 10.3. The predicted octanol–water partition coefficient (Wildman–Crippen LogP) is 3.55. The summed E-state index contributed by atoms with van der Waals surface area (Å²) in [5, 5.41) is 0.998. The molecule has 0 aromatic heterocycles. The number of fused-ring (bicyclic) bond motifs is 2. The van der Waals surface area contributed by atoms with Crippen molar-refractivity contribution < 1.29 is 32.8 Å². The molecule has 0 unspecified atom stereocenters. The van der Waals surface area contributed by atoms with E-state index in [1.165, 1.54) is 0 Å². The molecule has 7 nitrogen and oxygen atoms in total. The summed E-state index contributed by atoms with van der Waals surface area (Å²) in [5.74, 6) is 1.01. The number of benzene rings is 2. The number of ether oxygens (including phenoxy) is 5. The van der Waals surface area contributed by atoms with Crippen LogP contribution >= 0.6 is 7.37 Å². The summed E-state index contributed by atoms with van der Waals surface area (Å²) in [5.41, 5.74) is 0. The van der Waals surface area contributed by atoms with Crippen molar-refractivity contribution in [3.8, 4) is 11.5 Å². The van der Waals surface area contributed by atoms with Gasteiger partial charge in [-0.3, -0.25) is 4.57 Å². The summed E-state index contributed by atoms with van der Waals surface area (Å²) in [6.07, 6.45) is -0.326. The molecule has 2 aromatic carbocycles. The van der Waals surface area contributed by atoms with Gasteiger partial charge in [0, 0.05) is 0 Å². The van der Waals surface area contributed by atoms with Crippen LogP contribution in [0.2, 0.25) is 0 Å². The Kier molecular flexibility index (Phi) is 9.57. The third kappa shape index (κ3) is 6.56. The Balaban J connectivity index is 1.98. The zero-order valence-electron chi connectivity index (χ0n) is 19.0. The van der Waals surface area contributed by atoms with E-state index >= 15 is 0 Å². The van der Waals surface area contributed by atoms with Gasteiger partial charge >= 0.3 is 0 Å². The number of hydrogen-bond donors (Lipinski definition) is 0. The topological polar surface area (TPSA) is 72.5 Å². The van der Waals surface area contributed by atoms with Crippen LogP contribution in [0.3, 0.4) is 0 Å². The van der Waals surface area contributed by atoms with E-state index < -0.39 is 7.37 Å². The van der Waals surface area contributed by atoms with Gasteiger partial charge in [0.1, 0.15) is 24.7 Å². The van der Waals surface area contributed by atoms with Crippen molar-refractivity contribution in [3.05, 3.63) is 48.5 Å². The first-order chi connectivity index (χ1) is 15.5. The Hall–Kier alpha value is -1.89. The van der Waals surface area contributed by atoms with E-state index in [1.807, 2.05) is 45.0 Å². The van der Waals surface area contributed by atoms with Crippen LogP contribution in [-0.4, -0.2) is 58.5 Å². The van der Waals surface area contributed by atoms with E-state index in [0.29, 0.717) is 61.7 Å². The molecule has 0 saturated heterocycles. The van der Waals surface area contributed by atoms with Crippen LogP contribution in [0.4, 0.5) is 0 Å². The van der Waals surface area contributed by atoms with E-state index in [-0.39, 0.29) is 18.8 Å². The fourth-order valence-electron chi connectivity index (χ4n) is 3.32. The Labute approximate surface area is 190 Å². The highest BCUT2D eigenvalue weighted by Gasteiger charge is 2.34. The highest BCUT2D eigenvalue weighted by Crippen LogP contribution is 2.49. The van der Waals surface area contributed by atoms with Crippen molar-refractivity contribution in [2.45, 2.75) is 33.0 Å². The van der Waals surface area contributed by atoms with Crippen LogP contribution in [0.25, 0.3) is 0 Å². The summed E-state index contributed by atoms with van der Waals surface area (Å²) in [6, 6.07) is 14.5. The average Bonchev–Trinajstić information content (AvgIpc) is 2.80. The van der Waals surface area contributed by atoms with Crippen LogP contribution < -0.4 is 20.1 Å². The molecule has 0 amide bonds. The van der Waals surface area contributed by atoms with Crippen LogP contribution in [0.15, 0.2) is 48.5 Å². The molecular formula is C24H33O7P. The van der Waals surface area contributed by atoms with Gasteiger partial charge in [0.15, 0.2) is 0 Å². The lowest BCUT2D eigenvalue weighted by Crippen LogP contribution is -2.27. The molecule has 8 heteroatoms. The number of para-hydroxylation sites is 2. The van der Waals surface area contributed by atoms with Gasteiger partial charge < -0.3 is 28.2 Å². The Morgan fingerprint density at radius 2 is 1.28 bits per heavy atom. The third-order valence-corrected chi connectivity index (χ3v) is 7.51. The Morgan fingerprint density at radius 1 is 0.812 bits per heavy atom. The molecule has 32 heavy (non-hydrogen) atoms. The Morgan fingerprint density at radius 3 is 1.75 bits per heavy atom. The molecule has 1 aliphatic rings. The third-order valence-electron chi connectivity index (χ3n) is 4.88. The van der Waals surface area contributed by atoms with Gasteiger partial charge in [0.25, 0.3) is 7.37 Å². The molecule has 0 aliphatic carbocycles. The maximum absolute atomic E-state index is 14.4. The molecule has 0 bridgehead atoms. The highest BCUT2D eigenvalue weighted by molar-refractivity contribution is 7.74. The van der Waals surface area contributed by atoms with Gasteiger partial charge in [-0.25, -0.2) is 0 Å². The van der Waals surface area contributed by atoms with Crippen molar-refractivity contribution in [2.75, 3.05) is 46.2 Å². The minimum atomic E-state index is -3.50. The van der Waals surface area contributed by atoms with Crippen molar-refractivity contribution in [1.29, 1.82) is 0 Å². The lowest BCUT2D eigenvalue weighted by molar-refractivity contribution is -0.0334. The van der Waals surface area contributed by atoms with Crippen molar-refractivity contribution >= 4 is 18.0 Å². The van der Waals surface area contributed by atoms with Gasteiger partial charge in [-0.05, 0) is 45.0 Å². The zero-order chi connectivity index (χ0) is 22.8. The normalized spacial score (nSPS) is 22.8. The smallest absolute Gasteiger partial charge is 0.268 e. The highest BCUT2D eigenvalue weighted by atomic mass is 31.2. The molecule has 2 atom stereocenters. The fraction of sp³-hybridized carbons (Fsp3) is 0.500. The molecule has 2 aromatic rings. The van der Waals surface area contributed by atoms with Gasteiger partial charge in [-0.15, -0.1) is 0 Å². The SMILES string of the molecule is CCOP1(=O)c2ccccc2OC[C@H](C)OCCOCCO[C@@H](C)COc2ccccc21. The molecule has 0 fully saturated rings. The minimum Gasteiger partial charge on any atom is -0.490 e. The summed E-state index contributed by atoms with van der Waals surface area (Å²) >= 11 is 0. The summed E-state index contributed by atoms with van der Waals surface area (Å²) in [7, 11) is -3.50. The maximum atomic E-state index is 14.4. The van der Waals surface area contributed by atoms with E-state index in [0.717, 1.165) is 0 Å². The quantitative estimate of drug-likeness (QED) is 0.630. The van der Waals surface area contributed by atoms with Crippen LogP contribution in [0.1, 0.15) is 20.8 Å². The largest absolute Gasteiger partial charge is 0.490 e. The van der Waals surface area contributed by atoms with Crippen molar-refractivity contribution in [3.63, 3.8) is 0 Å². The van der Waals surface area contributed by atoms with E-state index in [1.54, 1.807) is 24.3 Å². The molecular weight excluding hydrogens is 431 g/mol. The van der Waals surface area contributed by atoms with Gasteiger partial charge in [-0.2, -0.15) is 0 Å². The Bertz CT molecular complexity index is 823. The zero-order valence-corrected chi connectivity index (χ0v) is 19.9. The second-order valence-electron chi connectivity index (χ2n) is 7.50. The molecule has 0 spiro atoms. The minimum absolute atomic E-state index is 0.163. The van der Waals surface area contributed by atoms with Crippen LogP contribution in [0.5, 0.6) is 11.5 Å². The summed E-state index contributed by atoms with van der Waals surface area (Å²) < 4.78 is 49.5. The molecule has 1 aliphatic heterocycles. The van der Waals surface area contributed by atoms with Crippen molar-refractivity contribution in [2.24, 2.45) is 0 Å². The number of rotatable bonds is 2. The average molecular weight is 464 g/mol. The number of hydrogen-bond acceptors (Lipinski definition) is 7. The monoisotopic (exact) mass is 464 g/mol. The van der Waals surface area contributed by atoms with E-state index in [4.69, 9.17) is 28.2 Å². The molecule has 0 radical (unpaired) electrons. The fourth-order valence-corrected chi connectivity index (χ4v) is 5.65. The summed E-state index contributed by atoms with van der Waals surface area (Å²) in [4.78, 5) is 0.